The molecule has 0 nitrogen and oxygen atoms in total. The Labute approximate surface area is 122 Å². The number of hydrogen-bond acceptors (Lipinski definition) is 0. The quantitative estimate of drug-likeness (QED) is 0.345. The molecule has 0 amide bonds. The summed E-state index contributed by atoms with van der Waals surface area (Å²) in [5, 5.41) is 0. The summed E-state index contributed by atoms with van der Waals surface area (Å²) < 4.78 is 26.8. The molecule has 1 saturated carbocycles. The van der Waals surface area contributed by atoms with Crippen LogP contribution in [0, 0.1) is 11.8 Å². The molecule has 2 heteroatoms. The predicted octanol–water partition coefficient (Wildman–Crippen LogP) is 6.66. The van der Waals surface area contributed by atoms with E-state index in [9.17, 15) is 8.78 Å². The predicted molar refractivity (Wildman–Crippen MR) is 82.8 cm³/mol. The van der Waals surface area contributed by atoms with Crippen LogP contribution in [0.4, 0.5) is 8.78 Å². The number of halogens is 2. The largest absolute Gasteiger partial charge is 0.209 e. The normalized spacial score (nSPS) is 18.6. The fraction of sp³-hybridized carbons (Fsp3) is 0.667. The first kappa shape index (κ1) is 17.1. The van der Waals surface area contributed by atoms with E-state index in [1.54, 1.807) is 0 Å². The first-order valence-corrected chi connectivity index (χ1v) is 7.87. The van der Waals surface area contributed by atoms with Gasteiger partial charge in [-0.05, 0) is 50.0 Å². The maximum Gasteiger partial charge on any atom is 0.157 e. The van der Waals surface area contributed by atoms with Crippen molar-refractivity contribution in [2.24, 2.45) is 11.8 Å². The van der Waals surface area contributed by atoms with Crippen LogP contribution in [0.3, 0.4) is 0 Å². The molecule has 0 atom stereocenters. The Kier molecular flexibility index (Phi) is 7.79. The molecule has 114 valence electrons. The van der Waals surface area contributed by atoms with Gasteiger partial charge in [0.15, 0.2) is 5.83 Å². The van der Waals surface area contributed by atoms with Crippen molar-refractivity contribution >= 4 is 0 Å². The summed E-state index contributed by atoms with van der Waals surface area (Å²) >= 11 is 0. The Bertz CT molecular complexity index is 367. The first-order valence-electron chi connectivity index (χ1n) is 7.87. The third kappa shape index (κ3) is 6.49. The minimum absolute atomic E-state index is 0.459. The number of rotatable bonds is 8. The van der Waals surface area contributed by atoms with Crippen LogP contribution >= 0.6 is 0 Å². The standard InChI is InChI=1S/C18H28F2/c1-14(2)12-13-17(18(20)15(3)19)11-6-4-5-8-16-9-7-10-16/h4,6,13-14,16H,5,7-12H2,1-3H3/b6-4-,17-13-,18-15-. The van der Waals surface area contributed by atoms with Gasteiger partial charge in [-0.25, -0.2) is 8.78 Å². The molecule has 1 aliphatic rings. The van der Waals surface area contributed by atoms with E-state index in [2.05, 4.69) is 19.9 Å². The summed E-state index contributed by atoms with van der Waals surface area (Å²) in [7, 11) is 0. The minimum atomic E-state index is -0.720. The van der Waals surface area contributed by atoms with Crippen molar-refractivity contribution in [1.82, 2.24) is 0 Å². The molecule has 0 aromatic heterocycles. The Hall–Kier alpha value is -0.920. The Morgan fingerprint density at radius 1 is 1.20 bits per heavy atom. The summed E-state index contributed by atoms with van der Waals surface area (Å²) in [5.74, 6) is -0.0437. The van der Waals surface area contributed by atoms with Gasteiger partial charge in [0.2, 0.25) is 0 Å². The molecule has 0 unspecified atom stereocenters. The average molecular weight is 282 g/mol. The van der Waals surface area contributed by atoms with Crippen molar-refractivity contribution in [3.05, 3.63) is 35.5 Å². The number of allylic oxidation sites excluding steroid dienone is 6. The second-order valence-corrected chi connectivity index (χ2v) is 6.26. The van der Waals surface area contributed by atoms with Crippen LogP contribution in [0.5, 0.6) is 0 Å². The molecule has 0 heterocycles. The molecule has 0 aromatic rings. The fourth-order valence-electron chi connectivity index (χ4n) is 2.30. The maximum absolute atomic E-state index is 13.7. The van der Waals surface area contributed by atoms with Gasteiger partial charge < -0.3 is 0 Å². The van der Waals surface area contributed by atoms with Crippen LogP contribution in [-0.4, -0.2) is 0 Å². The lowest BCUT2D eigenvalue weighted by molar-refractivity contribution is 0.298. The molecule has 0 spiro atoms. The maximum atomic E-state index is 13.7. The van der Waals surface area contributed by atoms with Crippen molar-refractivity contribution in [1.29, 1.82) is 0 Å². The lowest BCUT2D eigenvalue weighted by atomic mass is 9.82. The Balaban J connectivity index is 2.44. The monoisotopic (exact) mass is 282 g/mol. The van der Waals surface area contributed by atoms with Gasteiger partial charge in [-0.1, -0.05) is 51.3 Å². The zero-order valence-corrected chi connectivity index (χ0v) is 13.1. The van der Waals surface area contributed by atoms with Gasteiger partial charge >= 0.3 is 0 Å². The molecule has 20 heavy (non-hydrogen) atoms. The third-order valence-corrected chi connectivity index (χ3v) is 3.89. The SMILES string of the molecule is C/C(F)=C(F)\C(=C/CC(C)C)C/C=C\CCC1CCC1. The Morgan fingerprint density at radius 2 is 1.90 bits per heavy atom. The van der Waals surface area contributed by atoms with Gasteiger partial charge in [-0.15, -0.1) is 0 Å². The number of hydrogen-bond donors (Lipinski definition) is 0. The van der Waals surface area contributed by atoms with E-state index in [1.165, 1.54) is 32.6 Å². The zero-order chi connectivity index (χ0) is 15.0. The highest BCUT2D eigenvalue weighted by molar-refractivity contribution is 5.29. The third-order valence-electron chi connectivity index (χ3n) is 3.89. The molecule has 0 saturated heterocycles. The highest BCUT2D eigenvalue weighted by Gasteiger charge is 2.15. The van der Waals surface area contributed by atoms with Gasteiger partial charge in [-0.2, -0.15) is 0 Å². The summed E-state index contributed by atoms with van der Waals surface area (Å²) in [6.07, 6.45) is 13.6. The van der Waals surface area contributed by atoms with Crippen molar-refractivity contribution in [3.63, 3.8) is 0 Å². The summed E-state index contributed by atoms with van der Waals surface area (Å²) in [6, 6.07) is 0. The van der Waals surface area contributed by atoms with Gasteiger partial charge in [0, 0.05) is 0 Å². The van der Waals surface area contributed by atoms with Crippen molar-refractivity contribution in [3.8, 4) is 0 Å². The molecule has 0 aliphatic heterocycles. The van der Waals surface area contributed by atoms with Crippen LogP contribution in [-0.2, 0) is 0 Å². The van der Waals surface area contributed by atoms with Crippen LogP contribution in [0.2, 0.25) is 0 Å². The zero-order valence-electron chi connectivity index (χ0n) is 13.1. The van der Waals surface area contributed by atoms with Crippen molar-refractivity contribution in [2.75, 3.05) is 0 Å². The van der Waals surface area contributed by atoms with Crippen molar-refractivity contribution in [2.45, 2.75) is 65.7 Å². The topological polar surface area (TPSA) is 0 Å². The molecular formula is C18H28F2. The van der Waals surface area contributed by atoms with Crippen LogP contribution in [0.15, 0.2) is 35.5 Å². The summed E-state index contributed by atoms with van der Waals surface area (Å²) in [6.45, 7) is 5.33. The van der Waals surface area contributed by atoms with E-state index in [1.807, 2.05) is 12.2 Å². The molecule has 1 fully saturated rings. The second kappa shape index (κ2) is 9.10. The first-order chi connectivity index (χ1) is 9.50. The molecule has 0 radical (unpaired) electrons. The van der Waals surface area contributed by atoms with Crippen molar-refractivity contribution < 1.29 is 8.78 Å². The van der Waals surface area contributed by atoms with E-state index in [4.69, 9.17) is 0 Å². The van der Waals surface area contributed by atoms with Gasteiger partial charge in [0.05, 0.1) is 0 Å². The van der Waals surface area contributed by atoms with Gasteiger partial charge in [-0.3, -0.25) is 0 Å². The fourth-order valence-corrected chi connectivity index (χ4v) is 2.30. The van der Waals surface area contributed by atoms with E-state index in [0.717, 1.165) is 18.8 Å². The average Bonchev–Trinajstić information content (AvgIpc) is 2.33. The smallest absolute Gasteiger partial charge is 0.157 e. The lowest BCUT2D eigenvalue weighted by Gasteiger charge is -2.24. The minimum Gasteiger partial charge on any atom is -0.209 e. The van der Waals surface area contributed by atoms with Crippen LogP contribution in [0.25, 0.3) is 0 Å². The highest BCUT2D eigenvalue weighted by Crippen LogP contribution is 2.30. The van der Waals surface area contributed by atoms with Crippen LogP contribution in [0.1, 0.15) is 65.7 Å². The molecule has 0 aromatic carbocycles. The summed E-state index contributed by atoms with van der Waals surface area (Å²) in [4.78, 5) is 0. The highest BCUT2D eigenvalue weighted by atomic mass is 19.2. The molecule has 0 N–H and O–H groups in total. The van der Waals surface area contributed by atoms with Gasteiger partial charge in [0.25, 0.3) is 0 Å². The molecule has 1 aliphatic carbocycles. The second-order valence-electron chi connectivity index (χ2n) is 6.26. The van der Waals surface area contributed by atoms with E-state index in [-0.39, 0.29) is 0 Å². The van der Waals surface area contributed by atoms with E-state index >= 15 is 0 Å². The molecule has 1 rings (SSSR count). The van der Waals surface area contributed by atoms with Gasteiger partial charge in [0.1, 0.15) is 5.83 Å². The Morgan fingerprint density at radius 3 is 2.40 bits per heavy atom. The van der Waals surface area contributed by atoms with E-state index in [0.29, 0.717) is 17.9 Å². The molecule has 0 bridgehead atoms. The van der Waals surface area contributed by atoms with Crippen LogP contribution < -0.4 is 0 Å². The summed E-state index contributed by atoms with van der Waals surface area (Å²) in [5.41, 5.74) is 0.485. The lowest BCUT2D eigenvalue weighted by Crippen LogP contribution is -2.09. The van der Waals surface area contributed by atoms with E-state index < -0.39 is 11.7 Å². The molecular weight excluding hydrogens is 254 g/mol.